The van der Waals surface area contributed by atoms with Gasteiger partial charge in [-0.15, -0.1) is 6.58 Å². The van der Waals surface area contributed by atoms with E-state index in [4.69, 9.17) is 28.3 Å². The molecule has 0 aliphatic rings. The number of carboxylic acid groups (broad SMARTS) is 1. The van der Waals surface area contributed by atoms with Gasteiger partial charge < -0.3 is 10.4 Å². The average molecular weight is 274 g/mol. The van der Waals surface area contributed by atoms with Gasteiger partial charge in [0.1, 0.15) is 0 Å². The lowest BCUT2D eigenvalue weighted by atomic mass is 10.2. The van der Waals surface area contributed by atoms with Gasteiger partial charge >= 0.3 is 5.97 Å². The van der Waals surface area contributed by atoms with Crippen molar-refractivity contribution in [2.24, 2.45) is 0 Å². The Morgan fingerprint density at radius 2 is 1.88 bits per heavy atom. The van der Waals surface area contributed by atoms with Gasteiger partial charge in [0, 0.05) is 6.42 Å². The van der Waals surface area contributed by atoms with Crippen LogP contribution in [0.15, 0.2) is 24.8 Å². The van der Waals surface area contributed by atoms with Crippen LogP contribution in [-0.4, -0.2) is 17.0 Å². The highest BCUT2D eigenvalue weighted by Gasteiger charge is 2.13. The van der Waals surface area contributed by atoms with E-state index in [0.717, 1.165) is 0 Å². The molecule has 0 heterocycles. The number of hydrogen-bond donors (Lipinski definition) is 2. The molecule has 1 aromatic carbocycles. The fourth-order valence-electron chi connectivity index (χ4n) is 1.14. The minimum atomic E-state index is -1.14. The zero-order valence-corrected chi connectivity index (χ0v) is 10.2. The Bertz CT molecular complexity index is 463. The van der Waals surface area contributed by atoms with Crippen LogP contribution < -0.4 is 5.32 Å². The summed E-state index contributed by atoms with van der Waals surface area (Å²) in [5.74, 6) is -1.47. The fraction of sp³-hybridized carbons (Fsp3) is 0.0909. The zero-order valence-electron chi connectivity index (χ0n) is 8.67. The lowest BCUT2D eigenvalue weighted by Gasteiger charge is -2.09. The number of benzene rings is 1. The van der Waals surface area contributed by atoms with Crippen LogP contribution in [0.1, 0.15) is 16.8 Å². The monoisotopic (exact) mass is 273 g/mol. The summed E-state index contributed by atoms with van der Waals surface area (Å²) >= 11 is 11.7. The number of nitrogens with one attached hydrogen (secondary N) is 1. The van der Waals surface area contributed by atoms with Gasteiger partial charge in [0.25, 0.3) is 0 Å². The molecular weight excluding hydrogens is 265 g/mol. The highest BCUT2D eigenvalue weighted by Crippen LogP contribution is 2.32. The van der Waals surface area contributed by atoms with Crippen molar-refractivity contribution in [3.05, 3.63) is 40.4 Å². The topological polar surface area (TPSA) is 66.4 Å². The molecule has 0 aliphatic heterocycles. The number of amides is 1. The van der Waals surface area contributed by atoms with Gasteiger partial charge in [-0.2, -0.15) is 0 Å². The molecular formula is C11H9Cl2NO3. The van der Waals surface area contributed by atoms with Crippen molar-refractivity contribution >= 4 is 40.8 Å². The minimum absolute atomic E-state index is 0.0401. The van der Waals surface area contributed by atoms with E-state index >= 15 is 0 Å². The maximum Gasteiger partial charge on any atom is 0.335 e. The minimum Gasteiger partial charge on any atom is -0.478 e. The van der Waals surface area contributed by atoms with Crippen molar-refractivity contribution in [1.82, 2.24) is 0 Å². The Morgan fingerprint density at radius 3 is 2.29 bits per heavy atom. The number of carboxylic acids is 1. The van der Waals surface area contributed by atoms with Crippen molar-refractivity contribution in [3.8, 4) is 0 Å². The molecule has 1 rings (SSSR count). The van der Waals surface area contributed by atoms with Crippen molar-refractivity contribution < 1.29 is 14.7 Å². The van der Waals surface area contributed by atoms with Gasteiger partial charge in [-0.05, 0) is 12.1 Å². The quantitative estimate of drug-likeness (QED) is 0.828. The number of carbonyl (C=O) groups excluding carboxylic acids is 1. The van der Waals surface area contributed by atoms with Gasteiger partial charge in [-0.3, -0.25) is 4.79 Å². The Hall–Kier alpha value is -1.52. The average Bonchev–Trinajstić information content (AvgIpc) is 2.23. The van der Waals surface area contributed by atoms with Crippen LogP contribution in [0.5, 0.6) is 0 Å². The molecule has 6 heteroatoms. The van der Waals surface area contributed by atoms with Gasteiger partial charge in [0.05, 0.1) is 21.3 Å². The van der Waals surface area contributed by atoms with E-state index in [-0.39, 0.29) is 33.6 Å². The van der Waals surface area contributed by atoms with Crippen LogP contribution in [0.4, 0.5) is 5.69 Å². The lowest BCUT2D eigenvalue weighted by molar-refractivity contribution is -0.115. The molecule has 0 aliphatic carbocycles. The van der Waals surface area contributed by atoms with Crippen LogP contribution in [0, 0.1) is 0 Å². The van der Waals surface area contributed by atoms with Crippen LogP contribution in [0.3, 0.4) is 0 Å². The van der Waals surface area contributed by atoms with Crippen molar-refractivity contribution in [2.75, 3.05) is 5.32 Å². The van der Waals surface area contributed by atoms with E-state index in [1.807, 2.05) is 0 Å². The molecule has 0 atom stereocenters. The van der Waals surface area contributed by atoms with E-state index in [1.165, 1.54) is 18.2 Å². The van der Waals surface area contributed by atoms with E-state index in [9.17, 15) is 9.59 Å². The summed E-state index contributed by atoms with van der Waals surface area (Å²) in [5, 5.41) is 11.4. The SMILES string of the molecule is C=CCC(=O)Nc1c(Cl)cc(C(=O)O)cc1Cl. The molecule has 0 spiro atoms. The third-order valence-electron chi connectivity index (χ3n) is 1.88. The molecule has 0 unspecified atom stereocenters. The molecule has 1 aromatic rings. The van der Waals surface area contributed by atoms with Crippen molar-refractivity contribution in [3.63, 3.8) is 0 Å². The van der Waals surface area contributed by atoms with E-state index < -0.39 is 5.97 Å². The second-order valence-electron chi connectivity index (χ2n) is 3.16. The number of halogens is 2. The van der Waals surface area contributed by atoms with E-state index in [1.54, 1.807) is 0 Å². The fourth-order valence-corrected chi connectivity index (χ4v) is 1.72. The smallest absolute Gasteiger partial charge is 0.335 e. The molecule has 2 N–H and O–H groups in total. The Morgan fingerprint density at radius 1 is 1.35 bits per heavy atom. The molecule has 90 valence electrons. The van der Waals surface area contributed by atoms with Gasteiger partial charge in [0.15, 0.2) is 0 Å². The first-order chi connectivity index (χ1) is 7.95. The maximum absolute atomic E-state index is 11.3. The number of anilines is 1. The molecule has 0 fully saturated rings. The summed E-state index contributed by atoms with van der Waals surface area (Å²) in [4.78, 5) is 22.0. The first kappa shape index (κ1) is 13.5. The van der Waals surface area contributed by atoms with Gasteiger partial charge in [-0.25, -0.2) is 4.79 Å². The Balaban J connectivity index is 3.05. The Kier molecular flexibility index (Phi) is 4.54. The molecule has 0 aromatic heterocycles. The lowest BCUT2D eigenvalue weighted by Crippen LogP contribution is -2.11. The molecule has 0 radical (unpaired) electrons. The standard InChI is InChI=1S/C11H9Cl2NO3/c1-2-3-9(15)14-10-7(12)4-6(11(16)17)5-8(10)13/h2,4-5H,1,3H2,(H,14,15)(H,16,17). The molecule has 0 saturated heterocycles. The second kappa shape index (κ2) is 5.70. The number of carbonyl (C=O) groups is 2. The summed E-state index contributed by atoms with van der Waals surface area (Å²) in [5.41, 5.74) is 0.159. The maximum atomic E-state index is 11.3. The summed E-state index contributed by atoms with van der Waals surface area (Å²) in [7, 11) is 0. The highest BCUT2D eigenvalue weighted by atomic mass is 35.5. The summed E-state index contributed by atoms with van der Waals surface area (Å²) < 4.78 is 0. The zero-order chi connectivity index (χ0) is 13.0. The number of rotatable bonds is 4. The highest BCUT2D eigenvalue weighted by molar-refractivity contribution is 6.40. The molecule has 17 heavy (non-hydrogen) atoms. The van der Waals surface area contributed by atoms with Gasteiger partial charge in [0.2, 0.25) is 5.91 Å². The predicted molar refractivity (Wildman–Crippen MR) is 66.9 cm³/mol. The second-order valence-corrected chi connectivity index (χ2v) is 3.98. The van der Waals surface area contributed by atoms with Crippen LogP contribution in [-0.2, 0) is 4.79 Å². The third-order valence-corrected chi connectivity index (χ3v) is 2.48. The summed E-state index contributed by atoms with van der Waals surface area (Å²) in [6, 6.07) is 2.44. The normalized spacial score (nSPS) is 9.76. The van der Waals surface area contributed by atoms with E-state index in [0.29, 0.717) is 0 Å². The first-order valence-electron chi connectivity index (χ1n) is 4.58. The third kappa shape index (κ3) is 3.47. The summed E-state index contributed by atoms with van der Waals surface area (Å²) in [6.45, 7) is 3.42. The van der Waals surface area contributed by atoms with Crippen LogP contribution in [0.25, 0.3) is 0 Å². The van der Waals surface area contributed by atoms with Crippen LogP contribution in [0.2, 0.25) is 10.0 Å². The largest absolute Gasteiger partial charge is 0.478 e. The molecule has 1 amide bonds. The predicted octanol–water partition coefficient (Wildman–Crippen LogP) is 3.21. The first-order valence-corrected chi connectivity index (χ1v) is 5.34. The number of aromatic carboxylic acids is 1. The van der Waals surface area contributed by atoms with Crippen molar-refractivity contribution in [1.29, 1.82) is 0 Å². The molecule has 4 nitrogen and oxygen atoms in total. The Labute approximate surface area is 108 Å². The van der Waals surface area contributed by atoms with Gasteiger partial charge in [-0.1, -0.05) is 29.3 Å². The van der Waals surface area contributed by atoms with Crippen LogP contribution >= 0.6 is 23.2 Å². The van der Waals surface area contributed by atoms with Crippen molar-refractivity contribution in [2.45, 2.75) is 6.42 Å². The molecule has 0 saturated carbocycles. The molecule has 0 bridgehead atoms. The van der Waals surface area contributed by atoms with E-state index in [2.05, 4.69) is 11.9 Å². The summed E-state index contributed by atoms with van der Waals surface area (Å²) in [6.07, 6.45) is 1.55. The number of hydrogen-bond acceptors (Lipinski definition) is 2.